The molecule has 1 aliphatic heterocycles. The van der Waals surface area contributed by atoms with Gasteiger partial charge in [0.05, 0.1) is 0 Å². The Morgan fingerprint density at radius 3 is 2.50 bits per heavy atom. The van der Waals surface area contributed by atoms with E-state index in [-0.39, 0.29) is 24.1 Å². The number of piperazine rings is 1. The van der Waals surface area contributed by atoms with Crippen LogP contribution in [0.5, 0.6) is 0 Å². The van der Waals surface area contributed by atoms with E-state index in [4.69, 9.17) is 0 Å². The standard InChI is InChI=1S/C25H30FN3O/c1-3-18-8-7-10-20-22(17-27-25(18)20)21(19-9-5-6-11-23(19)26)16-24(30)29-14-12-28(4-2)13-15-29/h5-11,17,21,27H,3-4,12-16H2,1-2H3/t21-/m0/s1. The number of carbonyl (C=O) groups excluding carboxylic acids is 1. The molecule has 0 radical (unpaired) electrons. The minimum absolute atomic E-state index is 0.0972. The fraction of sp³-hybridized carbons (Fsp3) is 0.400. The van der Waals surface area contributed by atoms with Crippen LogP contribution in [0.1, 0.15) is 42.9 Å². The Morgan fingerprint density at radius 2 is 1.80 bits per heavy atom. The Balaban J connectivity index is 1.68. The lowest BCUT2D eigenvalue weighted by Crippen LogP contribution is -2.48. The highest BCUT2D eigenvalue weighted by molar-refractivity contribution is 5.88. The molecule has 4 nitrogen and oxygen atoms in total. The lowest BCUT2D eigenvalue weighted by atomic mass is 9.87. The third kappa shape index (κ3) is 3.99. The van der Waals surface area contributed by atoms with Gasteiger partial charge in [-0.2, -0.15) is 0 Å². The van der Waals surface area contributed by atoms with Crippen molar-refractivity contribution >= 4 is 16.8 Å². The molecule has 1 atom stereocenters. The first-order valence-corrected chi connectivity index (χ1v) is 11.0. The van der Waals surface area contributed by atoms with Gasteiger partial charge in [-0.3, -0.25) is 4.79 Å². The van der Waals surface area contributed by atoms with E-state index in [2.05, 4.69) is 35.9 Å². The molecule has 1 aromatic heterocycles. The highest BCUT2D eigenvalue weighted by atomic mass is 19.1. The summed E-state index contributed by atoms with van der Waals surface area (Å²) in [5.41, 5.74) is 3.89. The Morgan fingerprint density at radius 1 is 1.03 bits per heavy atom. The monoisotopic (exact) mass is 407 g/mol. The summed E-state index contributed by atoms with van der Waals surface area (Å²) in [5, 5.41) is 1.08. The van der Waals surface area contributed by atoms with Gasteiger partial charge in [0.15, 0.2) is 0 Å². The van der Waals surface area contributed by atoms with Crippen LogP contribution in [0.25, 0.3) is 10.9 Å². The number of aromatic amines is 1. The van der Waals surface area contributed by atoms with Gasteiger partial charge in [0, 0.05) is 55.6 Å². The number of nitrogens with one attached hydrogen (secondary N) is 1. The maximum atomic E-state index is 14.8. The summed E-state index contributed by atoms with van der Waals surface area (Å²) >= 11 is 0. The number of rotatable bonds is 6. The summed E-state index contributed by atoms with van der Waals surface area (Å²) in [6, 6.07) is 13.1. The van der Waals surface area contributed by atoms with E-state index in [1.54, 1.807) is 6.07 Å². The van der Waals surface area contributed by atoms with Crippen LogP contribution in [-0.2, 0) is 11.2 Å². The van der Waals surface area contributed by atoms with Crippen molar-refractivity contribution in [2.75, 3.05) is 32.7 Å². The van der Waals surface area contributed by atoms with Crippen molar-refractivity contribution in [3.8, 4) is 0 Å². The van der Waals surface area contributed by atoms with Gasteiger partial charge in [-0.05, 0) is 35.7 Å². The number of fused-ring (bicyclic) bond motifs is 1. The minimum atomic E-state index is -0.316. The molecule has 0 spiro atoms. The largest absolute Gasteiger partial charge is 0.361 e. The van der Waals surface area contributed by atoms with E-state index >= 15 is 0 Å². The van der Waals surface area contributed by atoms with Gasteiger partial charge < -0.3 is 14.8 Å². The van der Waals surface area contributed by atoms with E-state index < -0.39 is 0 Å². The lowest BCUT2D eigenvalue weighted by molar-refractivity contribution is -0.133. The Kier molecular flexibility index (Phi) is 6.18. The van der Waals surface area contributed by atoms with Gasteiger partial charge in [-0.25, -0.2) is 4.39 Å². The van der Waals surface area contributed by atoms with Crippen LogP contribution in [-0.4, -0.2) is 53.4 Å². The third-order valence-electron chi connectivity index (χ3n) is 6.42. The number of amides is 1. The molecular weight excluding hydrogens is 377 g/mol. The molecule has 1 aliphatic rings. The number of halogens is 1. The first kappa shape index (κ1) is 20.6. The smallest absolute Gasteiger partial charge is 0.223 e. The van der Waals surface area contributed by atoms with Crippen molar-refractivity contribution in [1.29, 1.82) is 0 Å². The first-order valence-electron chi connectivity index (χ1n) is 11.0. The van der Waals surface area contributed by atoms with Crippen molar-refractivity contribution in [2.45, 2.75) is 32.6 Å². The molecule has 0 unspecified atom stereocenters. The SMILES string of the molecule is CCc1cccc2c([C@@H](CC(=O)N3CCN(CC)CC3)c3ccccc3F)c[nH]c12. The summed E-state index contributed by atoms with van der Waals surface area (Å²) in [6.07, 6.45) is 3.15. The average molecular weight is 408 g/mol. The number of carbonyl (C=O) groups is 1. The molecule has 4 rings (SSSR count). The predicted molar refractivity (Wildman–Crippen MR) is 119 cm³/mol. The molecule has 3 aromatic rings. The number of hydrogen-bond acceptors (Lipinski definition) is 2. The Bertz CT molecular complexity index is 1020. The molecule has 2 heterocycles. The van der Waals surface area contributed by atoms with Gasteiger partial charge in [-0.15, -0.1) is 0 Å². The number of aromatic nitrogens is 1. The molecule has 0 saturated carbocycles. The second kappa shape index (κ2) is 9.00. The van der Waals surface area contributed by atoms with E-state index in [9.17, 15) is 9.18 Å². The number of para-hydroxylation sites is 1. The number of hydrogen-bond donors (Lipinski definition) is 1. The fourth-order valence-electron chi connectivity index (χ4n) is 4.58. The predicted octanol–water partition coefficient (Wildman–Crippen LogP) is 4.56. The molecule has 1 N–H and O–H groups in total. The summed E-state index contributed by atoms with van der Waals surface area (Å²) in [7, 11) is 0. The van der Waals surface area contributed by atoms with Crippen LogP contribution < -0.4 is 0 Å². The molecule has 158 valence electrons. The van der Waals surface area contributed by atoms with Crippen molar-refractivity contribution in [1.82, 2.24) is 14.8 Å². The maximum Gasteiger partial charge on any atom is 0.223 e. The Hall–Kier alpha value is -2.66. The number of likely N-dealkylation sites (N-methyl/N-ethyl adjacent to an activating group) is 1. The normalized spacial score (nSPS) is 16.2. The first-order chi connectivity index (χ1) is 14.6. The molecule has 0 aliphatic carbocycles. The van der Waals surface area contributed by atoms with Crippen LogP contribution in [0.2, 0.25) is 0 Å². The van der Waals surface area contributed by atoms with Gasteiger partial charge >= 0.3 is 0 Å². The van der Waals surface area contributed by atoms with Gasteiger partial charge in [-0.1, -0.05) is 50.2 Å². The van der Waals surface area contributed by atoms with Gasteiger partial charge in [0.25, 0.3) is 0 Å². The summed E-state index contributed by atoms with van der Waals surface area (Å²) < 4.78 is 14.8. The van der Waals surface area contributed by atoms with Gasteiger partial charge in [0.1, 0.15) is 5.82 Å². The summed E-state index contributed by atoms with van der Waals surface area (Å²) in [6.45, 7) is 8.57. The highest BCUT2D eigenvalue weighted by Crippen LogP contribution is 2.36. The molecule has 1 amide bonds. The molecule has 0 bridgehead atoms. The van der Waals surface area contributed by atoms with Crippen molar-refractivity contribution in [3.05, 3.63) is 71.2 Å². The molecule has 1 saturated heterocycles. The molecule has 1 fully saturated rings. The number of benzene rings is 2. The fourth-order valence-corrected chi connectivity index (χ4v) is 4.58. The number of nitrogens with zero attached hydrogens (tertiary/aromatic N) is 2. The van der Waals surface area contributed by atoms with Crippen LogP contribution in [0, 0.1) is 5.82 Å². The molecular formula is C25H30FN3O. The topological polar surface area (TPSA) is 39.3 Å². The molecule has 2 aromatic carbocycles. The second-order valence-corrected chi connectivity index (χ2v) is 8.03. The zero-order valence-electron chi connectivity index (χ0n) is 17.8. The summed E-state index contributed by atoms with van der Waals surface area (Å²) in [4.78, 5) is 20.9. The second-order valence-electron chi connectivity index (χ2n) is 8.03. The van der Waals surface area contributed by atoms with Crippen LogP contribution >= 0.6 is 0 Å². The van der Waals surface area contributed by atoms with E-state index in [0.29, 0.717) is 5.56 Å². The van der Waals surface area contributed by atoms with Crippen molar-refractivity contribution < 1.29 is 9.18 Å². The van der Waals surface area contributed by atoms with Crippen LogP contribution in [0.15, 0.2) is 48.7 Å². The minimum Gasteiger partial charge on any atom is -0.361 e. The number of H-pyrrole nitrogens is 1. The zero-order valence-corrected chi connectivity index (χ0v) is 17.8. The molecule has 30 heavy (non-hydrogen) atoms. The average Bonchev–Trinajstić information content (AvgIpc) is 3.22. The lowest BCUT2D eigenvalue weighted by Gasteiger charge is -2.35. The highest BCUT2D eigenvalue weighted by Gasteiger charge is 2.28. The van der Waals surface area contributed by atoms with Crippen LogP contribution in [0.4, 0.5) is 4.39 Å². The van der Waals surface area contributed by atoms with E-state index in [0.717, 1.165) is 55.6 Å². The van der Waals surface area contributed by atoms with Crippen molar-refractivity contribution in [3.63, 3.8) is 0 Å². The quantitative estimate of drug-likeness (QED) is 0.651. The zero-order chi connectivity index (χ0) is 21.1. The molecule has 5 heteroatoms. The maximum absolute atomic E-state index is 14.8. The van der Waals surface area contributed by atoms with E-state index in [1.807, 2.05) is 29.3 Å². The van der Waals surface area contributed by atoms with E-state index in [1.165, 1.54) is 11.6 Å². The number of aryl methyl sites for hydroxylation is 1. The van der Waals surface area contributed by atoms with Gasteiger partial charge in [0.2, 0.25) is 5.91 Å². The Labute approximate surface area is 177 Å². The van der Waals surface area contributed by atoms with Crippen LogP contribution in [0.3, 0.4) is 0 Å². The van der Waals surface area contributed by atoms with Crippen molar-refractivity contribution in [2.24, 2.45) is 0 Å². The summed E-state index contributed by atoms with van der Waals surface area (Å²) in [5.74, 6) is -0.476. The third-order valence-corrected chi connectivity index (χ3v) is 6.42.